The monoisotopic (exact) mass is 201 g/mol. The van der Waals surface area contributed by atoms with E-state index < -0.39 is 6.09 Å². The molecule has 0 aromatic rings. The average molecular weight is 201 g/mol. The molecule has 0 N–H and O–H groups in total. The van der Waals surface area contributed by atoms with Gasteiger partial charge in [0.1, 0.15) is 6.61 Å². The molecule has 5 heteroatoms. The summed E-state index contributed by atoms with van der Waals surface area (Å²) in [6, 6.07) is 0. The molecule has 0 aliphatic heterocycles. The van der Waals surface area contributed by atoms with Gasteiger partial charge in [0, 0.05) is 13.6 Å². The molecule has 0 aliphatic rings. The van der Waals surface area contributed by atoms with Crippen LogP contribution in [0.2, 0.25) is 0 Å². The second kappa shape index (κ2) is 6.94. The van der Waals surface area contributed by atoms with E-state index in [-0.39, 0.29) is 25.5 Å². The summed E-state index contributed by atoms with van der Waals surface area (Å²) in [5.41, 5.74) is 0. The summed E-state index contributed by atoms with van der Waals surface area (Å²) in [7, 11) is 2.85. The number of hydrogen-bond acceptors (Lipinski definition) is 4. The second-order valence-corrected chi connectivity index (χ2v) is 2.61. The van der Waals surface area contributed by atoms with Crippen molar-refractivity contribution in [1.29, 1.82) is 0 Å². The lowest BCUT2D eigenvalue weighted by molar-refractivity contribution is -0.140. The van der Waals surface area contributed by atoms with Crippen molar-refractivity contribution in [1.82, 2.24) is 4.90 Å². The second-order valence-electron chi connectivity index (χ2n) is 2.61. The Morgan fingerprint density at radius 3 is 2.64 bits per heavy atom. The Morgan fingerprint density at radius 1 is 1.50 bits per heavy atom. The van der Waals surface area contributed by atoms with Crippen molar-refractivity contribution in [2.45, 2.75) is 6.42 Å². The average Bonchev–Trinajstić information content (AvgIpc) is 2.21. The molecule has 0 rings (SSSR count). The molecule has 0 saturated heterocycles. The van der Waals surface area contributed by atoms with Gasteiger partial charge in [-0.05, 0) is 0 Å². The van der Waals surface area contributed by atoms with Gasteiger partial charge in [-0.2, -0.15) is 0 Å². The maximum atomic E-state index is 11.1. The Labute approximate surface area is 83.3 Å². The number of ether oxygens (including phenoxy) is 2. The van der Waals surface area contributed by atoms with Gasteiger partial charge in [-0.1, -0.05) is 12.7 Å². The van der Waals surface area contributed by atoms with E-state index in [4.69, 9.17) is 4.74 Å². The van der Waals surface area contributed by atoms with Crippen LogP contribution in [0, 0.1) is 0 Å². The molecule has 80 valence electrons. The van der Waals surface area contributed by atoms with Crippen LogP contribution in [0.25, 0.3) is 0 Å². The molecule has 0 aromatic carbocycles. The highest BCUT2D eigenvalue weighted by atomic mass is 16.6. The third-order valence-electron chi connectivity index (χ3n) is 1.52. The summed E-state index contributed by atoms with van der Waals surface area (Å²) < 4.78 is 9.16. The molecule has 0 aromatic heterocycles. The van der Waals surface area contributed by atoms with Crippen LogP contribution < -0.4 is 0 Å². The number of methoxy groups -OCH3 is 1. The lowest BCUT2D eigenvalue weighted by Crippen LogP contribution is -2.29. The first-order valence-electron chi connectivity index (χ1n) is 4.17. The zero-order valence-electron chi connectivity index (χ0n) is 8.49. The summed E-state index contributed by atoms with van der Waals surface area (Å²) in [6.07, 6.45) is 1.16. The molecule has 0 atom stereocenters. The van der Waals surface area contributed by atoms with Crippen LogP contribution >= 0.6 is 0 Å². The van der Waals surface area contributed by atoms with E-state index in [0.29, 0.717) is 0 Å². The minimum absolute atomic E-state index is 0.163. The molecule has 0 unspecified atom stereocenters. The highest BCUT2D eigenvalue weighted by molar-refractivity contribution is 5.71. The van der Waals surface area contributed by atoms with Gasteiger partial charge in [0.2, 0.25) is 0 Å². The van der Waals surface area contributed by atoms with Gasteiger partial charge in [-0.15, -0.1) is 0 Å². The Kier molecular flexibility index (Phi) is 6.19. The third kappa shape index (κ3) is 5.18. The largest absolute Gasteiger partial charge is 0.469 e. The van der Waals surface area contributed by atoms with Gasteiger partial charge < -0.3 is 14.4 Å². The number of nitrogens with zero attached hydrogens (tertiary/aromatic N) is 1. The molecule has 0 radical (unpaired) electrons. The van der Waals surface area contributed by atoms with E-state index in [1.54, 1.807) is 7.05 Å². The first kappa shape index (κ1) is 12.5. The van der Waals surface area contributed by atoms with E-state index in [1.165, 1.54) is 18.1 Å². The number of rotatable bonds is 5. The molecule has 0 heterocycles. The summed E-state index contributed by atoms with van der Waals surface area (Å²) in [5.74, 6) is -0.353. The Morgan fingerprint density at radius 2 is 2.14 bits per heavy atom. The van der Waals surface area contributed by atoms with E-state index >= 15 is 0 Å². The van der Waals surface area contributed by atoms with Gasteiger partial charge in [0.05, 0.1) is 13.5 Å². The first-order chi connectivity index (χ1) is 6.61. The van der Waals surface area contributed by atoms with Crippen LogP contribution in [-0.4, -0.2) is 44.3 Å². The van der Waals surface area contributed by atoms with Gasteiger partial charge in [0.15, 0.2) is 0 Å². The molecule has 0 fully saturated rings. The van der Waals surface area contributed by atoms with Crippen molar-refractivity contribution in [2.75, 3.05) is 27.3 Å². The van der Waals surface area contributed by atoms with Crippen molar-refractivity contribution >= 4 is 12.1 Å². The number of amides is 1. The van der Waals surface area contributed by atoms with E-state index in [1.807, 2.05) is 0 Å². The molecule has 14 heavy (non-hydrogen) atoms. The van der Waals surface area contributed by atoms with Crippen molar-refractivity contribution in [3.05, 3.63) is 12.7 Å². The number of carbonyl (C=O) groups excluding carboxylic acids is 2. The molecule has 0 spiro atoms. The lowest BCUT2D eigenvalue weighted by Gasteiger charge is -2.15. The highest BCUT2D eigenvalue weighted by Gasteiger charge is 2.10. The Bertz CT molecular complexity index is 215. The molecular weight excluding hydrogens is 186 g/mol. The van der Waals surface area contributed by atoms with Crippen LogP contribution in [0.4, 0.5) is 4.79 Å². The Hall–Kier alpha value is -1.52. The predicted octanol–water partition coefficient (Wildman–Crippen LogP) is 0.804. The molecule has 0 aliphatic carbocycles. The maximum Gasteiger partial charge on any atom is 0.409 e. The first-order valence-corrected chi connectivity index (χ1v) is 4.17. The molecular formula is C9H15NO4. The quantitative estimate of drug-likeness (QED) is 0.487. The lowest BCUT2D eigenvalue weighted by atomic mass is 10.4. The van der Waals surface area contributed by atoms with Gasteiger partial charge >= 0.3 is 12.1 Å². The topological polar surface area (TPSA) is 55.8 Å². The maximum absolute atomic E-state index is 11.1. The summed E-state index contributed by atoms with van der Waals surface area (Å²) >= 11 is 0. The fraction of sp³-hybridized carbons (Fsp3) is 0.556. The summed E-state index contributed by atoms with van der Waals surface area (Å²) in [6.45, 7) is 3.86. The van der Waals surface area contributed by atoms with Crippen LogP contribution in [0.5, 0.6) is 0 Å². The molecule has 0 bridgehead atoms. The molecule has 1 amide bonds. The van der Waals surface area contributed by atoms with Gasteiger partial charge in [-0.3, -0.25) is 4.79 Å². The van der Waals surface area contributed by atoms with Crippen molar-refractivity contribution in [2.24, 2.45) is 0 Å². The number of hydrogen-bond donors (Lipinski definition) is 0. The third-order valence-corrected chi connectivity index (χ3v) is 1.52. The fourth-order valence-corrected chi connectivity index (χ4v) is 0.693. The fourth-order valence-electron chi connectivity index (χ4n) is 0.693. The number of esters is 1. The van der Waals surface area contributed by atoms with Crippen LogP contribution in [-0.2, 0) is 14.3 Å². The van der Waals surface area contributed by atoms with Crippen molar-refractivity contribution in [3.8, 4) is 0 Å². The smallest absolute Gasteiger partial charge is 0.409 e. The van der Waals surface area contributed by atoms with E-state index in [9.17, 15) is 9.59 Å². The van der Waals surface area contributed by atoms with Crippen LogP contribution in [0.3, 0.4) is 0 Å². The van der Waals surface area contributed by atoms with Crippen molar-refractivity contribution < 1.29 is 19.1 Å². The summed E-state index contributed by atoms with van der Waals surface area (Å²) in [4.78, 5) is 23.1. The minimum atomic E-state index is -0.478. The zero-order chi connectivity index (χ0) is 11.0. The summed E-state index contributed by atoms with van der Waals surface area (Å²) in [5, 5.41) is 0. The minimum Gasteiger partial charge on any atom is -0.469 e. The van der Waals surface area contributed by atoms with E-state index in [0.717, 1.165) is 0 Å². The van der Waals surface area contributed by atoms with Crippen LogP contribution in [0.1, 0.15) is 6.42 Å². The standard InChI is InChI=1S/C9H15NO4/c1-4-7-14-9(12)10(2)6-5-8(11)13-3/h4H,1,5-7H2,2-3H3. The molecule has 5 nitrogen and oxygen atoms in total. The van der Waals surface area contributed by atoms with Gasteiger partial charge in [0.25, 0.3) is 0 Å². The predicted molar refractivity (Wildman–Crippen MR) is 50.8 cm³/mol. The normalized spacial score (nSPS) is 9.00. The molecule has 0 saturated carbocycles. The van der Waals surface area contributed by atoms with E-state index in [2.05, 4.69) is 11.3 Å². The Balaban J connectivity index is 3.71. The van der Waals surface area contributed by atoms with Gasteiger partial charge in [-0.25, -0.2) is 4.79 Å². The highest BCUT2D eigenvalue weighted by Crippen LogP contribution is 1.94. The number of carbonyl (C=O) groups is 2. The van der Waals surface area contributed by atoms with Crippen molar-refractivity contribution in [3.63, 3.8) is 0 Å². The zero-order valence-corrected chi connectivity index (χ0v) is 8.49. The SMILES string of the molecule is C=CCOC(=O)N(C)CCC(=O)OC. The van der Waals surface area contributed by atoms with Crippen LogP contribution in [0.15, 0.2) is 12.7 Å².